The fourth-order valence-electron chi connectivity index (χ4n) is 3.24. The highest BCUT2D eigenvalue weighted by molar-refractivity contribution is 5.79. The summed E-state index contributed by atoms with van der Waals surface area (Å²) in [6.45, 7) is 0. The van der Waals surface area contributed by atoms with Crippen molar-refractivity contribution in [3.63, 3.8) is 0 Å². The van der Waals surface area contributed by atoms with Gasteiger partial charge in [-0.3, -0.25) is 0 Å². The molecule has 3 aromatic heterocycles. The van der Waals surface area contributed by atoms with Gasteiger partial charge in [-0.2, -0.15) is 0 Å². The maximum absolute atomic E-state index is 12.2. The van der Waals surface area contributed by atoms with Crippen LogP contribution < -0.4 is 11.3 Å². The highest BCUT2D eigenvalue weighted by Gasteiger charge is 2.11. The van der Waals surface area contributed by atoms with Crippen molar-refractivity contribution in [1.29, 1.82) is 0 Å². The van der Waals surface area contributed by atoms with E-state index in [0.717, 1.165) is 0 Å². The third kappa shape index (κ3) is 4.30. The molecule has 0 spiro atoms. The molecule has 0 aliphatic rings. The van der Waals surface area contributed by atoms with E-state index in [-0.39, 0.29) is 11.8 Å². The number of para-hydroxylation sites is 2. The Balaban J connectivity index is 0.000000351. The molecule has 0 atom stereocenters. The highest BCUT2D eigenvalue weighted by Crippen LogP contribution is 2.23. The van der Waals surface area contributed by atoms with Crippen LogP contribution in [0.15, 0.2) is 110 Å². The van der Waals surface area contributed by atoms with Crippen LogP contribution in [0.5, 0.6) is 0 Å². The summed E-state index contributed by atoms with van der Waals surface area (Å²) < 4.78 is 10.7. The topological polar surface area (TPSA) is 125 Å². The molecule has 0 saturated carbocycles. The zero-order valence-electron chi connectivity index (χ0n) is 17.5. The van der Waals surface area contributed by atoms with E-state index in [1.54, 1.807) is 79.1 Å². The quantitative estimate of drug-likeness (QED) is 0.387. The lowest BCUT2D eigenvalue weighted by Gasteiger charge is -2.04. The predicted molar refractivity (Wildman–Crippen MR) is 125 cm³/mol. The molecular weight excluding hydrogens is 434 g/mol. The molecule has 0 fully saturated rings. The molecule has 6 rings (SSSR count). The van der Waals surface area contributed by atoms with Crippen molar-refractivity contribution in [1.82, 2.24) is 25.4 Å². The second-order valence-electron chi connectivity index (χ2n) is 7.04. The number of benzene rings is 3. The molecule has 0 aliphatic carbocycles. The predicted octanol–water partition coefficient (Wildman–Crippen LogP) is 3.90. The second-order valence-corrected chi connectivity index (χ2v) is 7.04. The lowest BCUT2D eigenvalue weighted by molar-refractivity contribution is 0.516. The van der Waals surface area contributed by atoms with Crippen LogP contribution in [0, 0.1) is 0 Å². The van der Waals surface area contributed by atoms with E-state index >= 15 is 0 Å². The molecule has 0 amide bonds. The lowest BCUT2D eigenvalue weighted by atomic mass is 10.1. The standard InChI is InChI=1S/C22H12N2O4.C3H3N3/c25-21-15-5-1-3-7-17(15)23-19(27-21)13-9-11-14(12-10-13)20-24-18-8-4-2-6-16(18)22(26)28-20;1-2-4-6-5-3-1/h1-12H;1-3H. The van der Waals surface area contributed by atoms with Gasteiger partial charge in [-0.25, -0.2) is 19.6 Å². The number of rotatable bonds is 2. The van der Waals surface area contributed by atoms with Crippen molar-refractivity contribution < 1.29 is 8.83 Å². The van der Waals surface area contributed by atoms with Crippen LogP contribution in [0.1, 0.15) is 0 Å². The van der Waals surface area contributed by atoms with Crippen LogP contribution in [0.4, 0.5) is 0 Å². The average Bonchev–Trinajstić information content (AvgIpc) is 2.90. The molecular formula is C25H15N5O4. The average molecular weight is 449 g/mol. The first-order valence-corrected chi connectivity index (χ1v) is 10.2. The largest absolute Gasteiger partial charge is 0.403 e. The van der Waals surface area contributed by atoms with Crippen LogP contribution in [0.2, 0.25) is 0 Å². The summed E-state index contributed by atoms with van der Waals surface area (Å²) in [5.74, 6) is 0.450. The number of hydrogen-bond donors (Lipinski definition) is 0. The summed E-state index contributed by atoms with van der Waals surface area (Å²) in [5.41, 5.74) is 1.53. The first-order chi connectivity index (χ1) is 16.7. The molecule has 9 heteroatoms. The lowest BCUT2D eigenvalue weighted by Crippen LogP contribution is -2.03. The van der Waals surface area contributed by atoms with Gasteiger partial charge in [0.15, 0.2) is 0 Å². The Hall–Kier alpha value is -5.05. The summed E-state index contributed by atoms with van der Waals surface area (Å²) in [7, 11) is 0. The van der Waals surface area contributed by atoms with Crippen molar-refractivity contribution in [2.75, 3.05) is 0 Å². The summed E-state index contributed by atoms with van der Waals surface area (Å²) in [6, 6.07) is 22.7. The van der Waals surface area contributed by atoms with E-state index in [1.807, 2.05) is 12.1 Å². The minimum absolute atomic E-state index is 0.225. The molecule has 164 valence electrons. The van der Waals surface area contributed by atoms with E-state index in [1.165, 1.54) is 0 Å². The maximum Gasteiger partial charge on any atom is 0.347 e. The second kappa shape index (κ2) is 9.21. The van der Waals surface area contributed by atoms with Gasteiger partial charge in [0.25, 0.3) is 0 Å². The van der Waals surface area contributed by atoms with E-state index in [4.69, 9.17) is 8.83 Å². The fourth-order valence-corrected chi connectivity index (χ4v) is 3.24. The van der Waals surface area contributed by atoms with E-state index < -0.39 is 11.3 Å². The first-order valence-electron chi connectivity index (χ1n) is 10.2. The number of fused-ring (bicyclic) bond motifs is 2. The number of hydrogen-bond acceptors (Lipinski definition) is 9. The van der Waals surface area contributed by atoms with Crippen molar-refractivity contribution >= 4 is 21.8 Å². The van der Waals surface area contributed by atoms with Crippen LogP contribution in [-0.4, -0.2) is 25.4 Å². The van der Waals surface area contributed by atoms with Crippen LogP contribution in [-0.2, 0) is 0 Å². The van der Waals surface area contributed by atoms with Gasteiger partial charge in [-0.1, -0.05) is 24.3 Å². The van der Waals surface area contributed by atoms with Gasteiger partial charge in [0.1, 0.15) is 0 Å². The Kier molecular flexibility index (Phi) is 5.64. The Morgan fingerprint density at radius 3 is 1.35 bits per heavy atom. The Labute approximate surface area is 191 Å². The summed E-state index contributed by atoms with van der Waals surface area (Å²) in [4.78, 5) is 33.1. The summed E-state index contributed by atoms with van der Waals surface area (Å²) in [5, 5.41) is 11.0. The molecule has 0 unspecified atom stereocenters. The number of aromatic nitrogens is 5. The fraction of sp³-hybridized carbons (Fsp3) is 0. The maximum atomic E-state index is 12.2. The smallest absolute Gasteiger partial charge is 0.347 e. The normalized spacial score (nSPS) is 10.6. The minimum atomic E-state index is -0.438. The van der Waals surface area contributed by atoms with Gasteiger partial charge in [-0.05, 0) is 59.8 Å². The van der Waals surface area contributed by atoms with E-state index in [0.29, 0.717) is 32.9 Å². The van der Waals surface area contributed by atoms with Crippen molar-refractivity contribution in [3.05, 3.63) is 112 Å². The van der Waals surface area contributed by atoms with Gasteiger partial charge in [-0.15, -0.1) is 10.2 Å². The van der Waals surface area contributed by atoms with Crippen LogP contribution >= 0.6 is 0 Å². The molecule has 0 bridgehead atoms. The van der Waals surface area contributed by atoms with Gasteiger partial charge in [0.05, 0.1) is 34.2 Å². The Morgan fingerprint density at radius 1 is 0.529 bits per heavy atom. The van der Waals surface area contributed by atoms with Gasteiger partial charge in [0.2, 0.25) is 11.8 Å². The highest BCUT2D eigenvalue weighted by atomic mass is 16.4. The molecule has 34 heavy (non-hydrogen) atoms. The van der Waals surface area contributed by atoms with Gasteiger partial charge < -0.3 is 8.83 Å². The van der Waals surface area contributed by atoms with Gasteiger partial charge >= 0.3 is 11.3 Å². The molecule has 3 aromatic carbocycles. The molecule has 3 heterocycles. The molecule has 6 aromatic rings. The van der Waals surface area contributed by atoms with Crippen LogP contribution in [0.3, 0.4) is 0 Å². The zero-order valence-corrected chi connectivity index (χ0v) is 17.5. The summed E-state index contributed by atoms with van der Waals surface area (Å²) in [6.07, 6.45) is 3.15. The number of nitrogens with zero attached hydrogens (tertiary/aromatic N) is 5. The summed E-state index contributed by atoms with van der Waals surface area (Å²) >= 11 is 0. The van der Waals surface area contributed by atoms with Crippen LogP contribution in [0.25, 0.3) is 44.7 Å². The van der Waals surface area contributed by atoms with Gasteiger partial charge in [0, 0.05) is 11.1 Å². The van der Waals surface area contributed by atoms with Crippen molar-refractivity contribution in [3.8, 4) is 22.9 Å². The van der Waals surface area contributed by atoms with Crippen molar-refractivity contribution in [2.24, 2.45) is 0 Å². The zero-order chi connectivity index (χ0) is 23.3. The molecule has 0 aliphatic heterocycles. The Bertz CT molecular complexity index is 1560. The SMILES string of the molecule is O=c1oc(-c2ccc(-c3nc4ccccc4c(=O)o3)cc2)nc2ccccc12.c1cnnnc1. The minimum Gasteiger partial charge on any atom is -0.403 e. The molecule has 9 nitrogen and oxygen atoms in total. The van der Waals surface area contributed by atoms with E-state index in [2.05, 4.69) is 25.4 Å². The molecule has 0 radical (unpaired) electrons. The Morgan fingerprint density at radius 2 is 0.971 bits per heavy atom. The third-order valence-electron chi connectivity index (χ3n) is 4.86. The molecule has 0 N–H and O–H groups in total. The third-order valence-corrected chi connectivity index (χ3v) is 4.86. The first kappa shape index (κ1) is 20.8. The van der Waals surface area contributed by atoms with Crippen molar-refractivity contribution in [2.45, 2.75) is 0 Å². The monoisotopic (exact) mass is 449 g/mol. The molecule has 0 saturated heterocycles. The van der Waals surface area contributed by atoms with E-state index in [9.17, 15) is 9.59 Å².